The van der Waals surface area contributed by atoms with Crippen molar-refractivity contribution >= 4 is 0 Å². The van der Waals surface area contributed by atoms with Crippen molar-refractivity contribution in [1.29, 1.82) is 0 Å². The zero-order chi connectivity index (χ0) is 9.68. The second-order valence-electron chi connectivity index (χ2n) is 3.18. The molecule has 1 rings (SSSR count). The van der Waals surface area contributed by atoms with Crippen molar-refractivity contribution in [3.63, 3.8) is 0 Å². The van der Waals surface area contributed by atoms with Gasteiger partial charge in [0.05, 0.1) is 0 Å². The molecule has 1 nitrogen and oxygen atoms in total. The number of rotatable bonds is 2. The van der Waals surface area contributed by atoms with Crippen LogP contribution in [-0.4, -0.2) is 11.4 Å². The molecule has 0 unspecified atom stereocenters. The lowest BCUT2D eigenvalue weighted by Crippen LogP contribution is -2.18. The number of nitrogens with zero attached hydrogens (tertiary/aromatic N) is 1. The Bertz CT molecular complexity index is 286. The summed E-state index contributed by atoms with van der Waals surface area (Å²) in [6, 6.07) is 3.12. The summed E-state index contributed by atoms with van der Waals surface area (Å²) < 4.78 is 0. The van der Waals surface area contributed by atoms with Crippen LogP contribution in [0.5, 0.6) is 0 Å². The van der Waals surface area contributed by atoms with Crippen LogP contribution in [0.2, 0.25) is 0 Å². The van der Waals surface area contributed by atoms with Crippen LogP contribution >= 0.6 is 0 Å². The Morgan fingerprint density at radius 3 is 2.85 bits per heavy atom. The molecule has 0 heterocycles. The van der Waals surface area contributed by atoms with Gasteiger partial charge in [0.15, 0.2) is 0 Å². The van der Waals surface area contributed by atoms with Crippen LogP contribution in [0.4, 0.5) is 0 Å². The molecule has 1 aliphatic carbocycles. The zero-order valence-electron chi connectivity index (χ0n) is 8.72. The fraction of sp³-hybridized carbons (Fsp3) is 0.500. The van der Waals surface area contributed by atoms with Crippen molar-refractivity contribution in [2.24, 2.45) is 0 Å². The number of hydrogen-bond donors (Lipinski definition) is 0. The van der Waals surface area contributed by atoms with Crippen LogP contribution in [0, 0.1) is 12.0 Å². The van der Waals surface area contributed by atoms with E-state index in [0.717, 1.165) is 19.4 Å². The molecule has 0 aromatic rings. The molecular weight excluding hydrogens is 158 g/mol. The zero-order valence-corrected chi connectivity index (χ0v) is 8.72. The van der Waals surface area contributed by atoms with Gasteiger partial charge < -0.3 is 4.90 Å². The summed E-state index contributed by atoms with van der Waals surface area (Å²) in [4.78, 5) is 2.15. The van der Waals surface area contributed by atoms with E-state index in [9.17, 15) is 0 Å². The first-order valence-electron chi connectivity index (χ1n) is 4.85. The lowest BCUT2D eigenvalue weighted by molar-refractivity contribution is 0.487. The minimum Gasteiger partial charge on any atom is -0.305 e. The van der Waals surface area contributed by atoms with Gasteiger partial charge in [0.1, 0.15) is 0 Å². The quantitative estimate of drug-likeness (QED) is 0.461. The van der Waals surface area contributed by atoms with Gasteiger partial charge in [0.25, 0.3) is 0 Å². The third kappa shape index (κ3) is 2.39. The highest BCUT2D eigenvalue weighted by Crippen LogP contribution is 2.21. The predicted molar refractivity (Wildman–Crippen MR) is 56.9 cm³/mol. The SMILES string of the molecule is CC#CN(CC)C1=C(C)C=CCC1. The Morgan fingerprint density at radius 2 is 2.31 bits per heavy atom. The van der Waals surface area contributed by atoms with Crippen molar-refractivity contribution in [2.75, 3.05) is 6.54 Å². The predicted octanol–water partition coefficient (Wildman–Crippen LogP) is 2.91. The first kappa shape index (κ1) is 9.92. The smallest absolute Gasteiger partial charge is 0.0293 e. The van der Waals surface area contributed by atoms with E-state index in [2.05, 4.69) is 42.9 Å². The average molecular weight is 175 g/mol. The highest BCUT2D eigenvalue weighted by molar-refractivity contribution is 5.29. The molecule has 70 valence electrons. The molecule has 0 atom stereocenters. The highest BCUT2D eigenvalue weighted by atomic mass is 15.1. The largest absolute Gasteiger partial charge is 0.305 e. The van der Waals surface area contributed by atoms with Gasteiger partial charge in [-0.15, -0.1) is 0 Å². The number of hydrogen-bond acceptors (Lipinski definition) is 1. The maximum atomic E-state index is 3.12. The van der Waals surface area contributed by atoms with Crippen molar-refractivity contribution in [1.82, 2.24) is 4.90 Å². The second-order valence-corrected chi connectivity index (χ2v) is 3.18. The lowest BCUT2D eigenvalue weighted by Gasteiger charge is -2.23. The normalized spacial score (nSPS) is 15.3. The maximum absolute atomic E-state index is 3.12. The molecule has 0 aromatic carbocycles. The fourth-order valence-electron chi connectivity index (χ4n) is 1.59. The maximum Gasteiger partial charge on any atom is 0.0293 e. The summed E-state index contributed by atoms with van der Waals surface area (Å²) in [7, 11) is 0. The minimum atomic E-state index is 0.974. The Labute approximate surface area is 81.1 Å². The van der Waals surface area contributed by atoms with Crippen LogP contribution in [0.1, 0.15) is 33.6 Å². The Hall–Kier alpha value is -1.16. The summed E-state index contributed by atoms with van der Waals surface area (Å²) in [6.07, 6.45) is 6.70. The van der Waals surface area contributed by atoms with Crippen molar-refractivity contribution in [3.8, 4) is 12.0 Å². The monoisotopic (exact) mass is 175 g/mol. The topological polar surface area (TPSA) is 3.24 Å². The first-order chi connectivity index (χ1) is 6.29. The van der Waals surface area contributed by atoms with E-state index >= 15 is 0 Å². The fourth-order valence-corrected chi connectivity index (χ4v) is 1.59. The Kier molecular flexibility index (Phi) is 3.64. The van der Waals surface area contributed by atoms with E-state index in [1.54, 1.807) is 0 Å². The second kappa shape index (κ2) is 4.77. The molecule has 0 fully saturated rings. The van der Waals surface area contributed by atoms with Crippen LogP contribution in [0.3, 0.4) is 0 Å². The molecule has 1 aliphatic rings. The van der Waals surface area contributed by atoms with Crippen LogP contribution < -0.4 is 0 Å². The first-order valence-corrected chi connectivity index (χ1v) is 4.85. The molecule has 0 N–H and O–H groups in total. The van der Waals surface area contributed by atoms with Gasteiger partial charge in [0.2, 0.25) is 0 Å². The standard InChI is InChI=1S/C12H17N/c1-4-10-13(5-2)12-9-7-6-8-11(12)3/h6,8H,5,7,9H2,1-3H3. The molecule has 0 saturated carbocycles. The summed E-state index contributed by atoms with van der Waals surface area (Å²) in [5.41, 5.74) is 2.75. The Balaban J connectivity index is 2.87. The van der Waals surface area contributed by atoms with Crippen LogP contribution in [0.25, 0.3) is 0 Å². The van der Waals surface area contributed by atoms with Gasteiger partial charge in [-0.3, -0.25) is 0 Å². The van der Waals surface area contributed by atoms with Crippen LogP contribution in [0.15, 0.2) is 23.4 Å². The van der Waals surface area contributed by atoms with Crippen molar-refractivity contribution in [2.45, 2.75) is 33.6 Å². The highest BCUT2D eigenvalue weighted by Gasteiger charge is 2.09. The molecular formula is C12H17N. The molecule has 0 bridgehead atoms. The molecule has 0 spiro atoms. The molecule has 0 saturated heterocycles. The summed E-state index contributed by atoms with van der Waals surface area (Å²) in [5, 5.41) is 0. The minimum absolute atomic E-state index is 0.974. The van der Waals surface area contributed by atoms with Crippen molar-refractivity contribution in [3.05, 3.63) is 23.4 Å². The summed E-state index contributed by atoms with van der Waals surface area (Å²) in [5.74, 6) is 2.95. The van der Waals surface area contributed by atoms with E-state index in [-0.39, 0.29) is 0 Å². The molecule has 1 heteroatoms. The molecule has 13 heavy (non-hydrogen) atoms. The average Bonchev–Trinajstić information content (AvgIpc) is 2.16. The molecule has 0 aliphatic heterocycles. The van der Waals surface area contributed by atoms with E-state index in [1.165, 1.54) is 11.3 Å². The van der Waals surface area contributed by atoms with E-state index < -0.39 is 0 Å². The summed E-state index contributed by atoms with van der Waals surface area (Å²) in [6.45, 7) is 7.16. The van der Waals surface area contributed by atoms with Gasteiger partial charge in [-0.05, 0) is 39.2 Å². The number of allylic oxidation sites excluding steroid dienone is 4. The van der Waals surface area contributed by atoms with Crippen LogP contribution in [-0.2, 0) is 0 Å². The Morgan fingerprint density at radius 1 is 1.54 bits per heavy atom. The summed E-state index contributed by atoms with van der Waals surface area (Å²) >= 11 is 0. The van der Waals surface area contributed by atoms with Crippen molar-refractivity contribution < 1.29 is 0 Å². The van der Waals surface area contributed by atoms with Gasteiger partial charge in [-0.2, -0.15) is 0 Å². The third-order valence-corrected chi connectivity index (χ3v) is 2.26. The van der Waals surface area contributed by atoms with E-state index in [0.29, 0.717) is 0 Å². The lowest BCUT2D eigenvalue weighted by atomic mass is 10.0. The van der Waals surface area contributed by atoms with Gasteiger partial charge >= 0.3 is 0 Å². The molecule has 0 aromatic heterocycles. The van der Waals surface area contributed by atoms with Gasteiger partial charge in [0, 0.05) is 18.3 Å². The van der Waals surface area contributed by atoms with Gasteiger partial charge in [-0.25, -0.2) is 0 Å². The van der Waals surface area contributed by atoms with E-state index in [4.69, 9.17) is 0 Å². The molecule has 0 radical (unpaired) electrons. The van der Waals surface area contributed by atoms with E-state index in [1.807, 2.05) is 6.92 Å². The molecule has 0 amide bonds. The third-order valence-electron chi connectivity index (χ3n) is 2.26. The van der Waals surface area contributed by atoms with Gasteiger partial charge in [-0.1, -0.05) is 18.1 Å².